The van der Waals surface area contributed by atoms with Crippen molar-refractivity contribution < 1.29 is 22.1 Å². The van der Waals surface area contributed by atoms with Crippen molar-refractivity contribution >= 4 is 16.1 Å². The Kier molecular flexibility index (Phi) is 4.73. The van der Waals surface area contributed by atoms with Gasteiger partial charge in [0.05, 0.1) is 6.08 Å². The van der Waals surface area contributed by atoms with Gasteiger partial charge >= 0.3 is 16.1 Å². The molecule has 0 radical (unpaired) electrons. The van der Waals surface area contributed by atoms with Crippen LogP contribution in [0.2, 0.25) is 0 Å². The molecule has 0 saturated carbocycles. The summed E-state index contributed by atoms with van der Waals surface area (Å²) in [6.45, 7) is 0. The molecular weight excluding hydrogens is 292 g/mol. The molecule has 0 heterocycles. The molecule has 2 aromatic carbocycles. The van der Waals surface area contributed by atoms with Crippen molar-refractivity contribution in [3.05, 3.63) is 73.0 Å². The lowest BCUT2D eigenvalue weighted by molar-refractivity contribution is -0.129. The highest BCUT2D eigenvalue weighted by Crippen LogP contribution is 2.12. The Morgan fingerprint density at radius 2 is 1.48 bits per heavy atom. The molecule has 6 heteroatoms. The number of hydrogen-bond donors (Lipinski definition) is 0. The summed E-state index contributed by atoms with van der Waals surface area (Å²) >= 11 is 0. The minimum Gasteiger partial charge on any atom is -0.423 e. The zero-order valence-corrected chi connectivity index (χ0v) is 11.7. The highest BCUT2D eigenvalue weighted by Gasteiger charge is 2.13. The molecule has 2 aromatic rings. The van der Waals surface area contributed by atoms with Crippen LogP contribution in [0.3, 0.4) is 0 Å². The summed E-state index contributed by atoms with van der Waals surface area (Å²) in [7, 11) is -3.92. The first-order chi connectivity index (χ1) is 10.1. The fourth-order valence-corrected chi connectivity index (χ4v) is 2.24. The summed E-state index contributed by atoms with van der Waals surface area (Å²) in [4.78, 5) is 11.5. The number of benzene rings is 2. The molecule has 0 aliphatic heterocycles. The molecule has 0 aliphatic rings. The predicted molar refractivity (Wildman–Crippen MR) is 75.9 cm³/mol. The second-order valence-corrected chi connectivity index (χ2v) is 5.47. The number of carbonyl (C=O) groups is 1. The van der Waals surface area contributed by atoms with Gasteiger partial charge in [-0.2, -0.15) is 8.42 Å². The quantitative estimate of drug-likeness (QED) is 0.279. The summed E-state index contributed by atoms with van der Waals surface area (Å²) in [6.07, 6.45) is 1.68. The van der Waals surface area contributed by atoms with Crippen molar-refractivity contribution in [1.29, 1.82) is 0 Å². The summed E-state index contributed by atoms with van der Waals surface area (Å²) in [5.41, 5.74) is 0. The number of rotatable bonds is 5. The normalized spacial score (nSPS) is 11.2. The van der Waals surface area contributed by atoms with Crippen molar-refractivity contribution in [2.45, 2.75) is 4.90 Å². The van der Waals surface area contributed by atoms with Gasteiger partial charge in [-0.05, 0) is 24.3 Å². The Bertz CT molecular complexity index is 721. The van der Waals surface area contributed by atoms with Crippen molar-refractivity contribution in [2.24, 2.45) is 0 Å². The molecule has 0 bridgehead atoms. The van der Waals surface area contributed by atoms with Gasteiger partial charge in [-0.25, -0.2) is 4.79 Å². The molecular formula is C15H12O5S. The molecule has 108 valence electrons. The van der Waals surface area contributed by atoms with E-state index in [1.54, 1.807) is 48.5 Å². The first-order valence-electron chi connectivity index (χ1n) is 6.00. The number of hydrogen-bond acceptors (Lipinski definition) is 5. The zero-order chi connectivity index (χ0) is 15.1. The highest BCUT2D eigenvalue weighted by atomic mass is 32.2. The maximum atomic E-state index is 11.7. The molecule has 0 fully saturated rings. The lowest BCUT2D eigenvalue weighted by Gasteiger charge is -2.02. The molecule has 2 rings (SSSR count). The average Bonchev–Trinajstić information content (AvgIpc) is 2.49. The van der Waals surface area contributed by atoms with E-state index >= 15 is 0 Å². The molecule has 0 aliphatic carbocycles. The Balaban J connectivity index is 1.95. The molecule has 5 nitrogen and oxygen atoms in total. The second-order valence-electron chi connectivity index (χ2n) is 3.90. The van der Waals surface area contributed by atoms with Crippen molar-refractivity contribution in [2.75, 3.05) is 0 Å². The van der Waals surface area contributed by atoms with Crippen LogP contribution >= 0.6 is 0 Å². The fraction of sp³-hybridized carbons (Fsp3) is 0. The Hall–Kier alpha value is -2.60. The van der Waals surface area contributed by atoms with Crippen LogP contribution in [-0.4, -0.2) is 14.4 Å². The number of para-hydroxylation sites is 1. The van der Waals surface area contributed by atoms with Crippen molar-refractivity contribution in [3.8, 4) is 5.75 Å². The van der Waals surface area contributed by atoms with E-state index in [0.717, 1.165) is 12.3 Å². The van der Waals surface area contributed by atoms with Gasteiger partial charge in [-0.3, -0.25) is 0 Å². The number of esters is 1. The minimum absolute atomic E-state index is 0.00563. The van der Waals surface area contributed by atoms with E-state index in [-0.39, 0.29) is 4.90 Å². The van der Waals surface area contributed by atoms with E-state index < -0.39 is 16.1 Å². The van der Waals surface area contributed by atoms with Gasteiger partial charge in [0.2, 0.25) is 0 Å². The van der Waals surface area contributed by atoms with Crippen LogP contribution in [0.4, 0.5) is 0 Å². The van der Waals surface area contributed by atoms with E-state index in [1.165, 1.54) is 12.1 Å². The zero-order valence-electron chi connectivity index (χ0n) is 10.9. The number of ether oxygens (including phenoxy) is 1. The summed E-state index contributed by atoms with van der Waals surface area (Å²) < 4.78 is 33.0. The molecule has 0 N–H and O–H groups in total. The van der Waals surface area contributed by atoms with E-state index in [9.17, 15) is 13.2 Å². The number of carbonyl (C=O) groups excluding carboxylic acids is 1. The molecule has 0 saturated heterocycles. The lowest BCUT2D eigenvalue weighted by Crippen LogP contribution is -2.06. The van der Waals surface area contributed by atoms with Crippen molar-refractivity contribution in [3.63, 3.8) is 0 Å². The Labute approximate surface area is 122 Å². The smallest absolute Gasteiger partial charge is 0.339 e. The lowest BCUT2D eigenvalue weighted by atomic mass is 10.3. The predicted octanol–water partition coefficient (Wildman–Crippen LogP) is 2.51. The summed E-state index contributed by atoms with van der Waals surface area (Å²) in [5, 5.41) is 0. The third kappa shape index (κ3) is 4.47. The van der Waals surface area contributed by atoms with Gasteiger partial charge in [0.25, 0.3) is 0 Å². The highest BCUT2D eigenvalue weighted by molar-refractivity contribution is 7.86. The van der Waals surface area contributed by atoms with Crippen LogP contribution < -0.4 is 4.74 Å². The standard InChI is InChI=1S/C15H12O5S/c16-15(20-13-7-3-1-4-8-13)11-12-19-21(17,18)14-9-5-2-6-10-14/h1-12H. The van der Waals surface area contributed by atoms with E-state index in [0.29, 0.717) is 5.75 Å². The minimum atomic E-state index is -3.92. The van der Waals surface area contributed by atoms with Crippen LogP contribution in [0, 0.1) is 0 Å². The fourth-order valence-electron chi connectivity index (χ4n) is 1.44. The Morgan fingerprint density at radius 1 is 0.905 bits per heavy atom. The monoisotopic (exact) mass is 304 g/mol. The average molecular weight is 304 g/mol. The van der Waals surface area contributed by atoms with E-state index in [1.807, 2.05) is 0 Å². The summed E-state index contributed by atoms with van der Waals surface area (Å²) in [5.74, 6) is -0.373. The molecule has 0 unspecified atom stereocenters. The van der Waals surface area contributed by atoms with Crippen LogP contribution in [0.5, 0.6) is 5.75 Å². The van der Waals surface area contributed by atoms with E-state index in [2.05, 4.69) is 4.18 Å². The first-order valence-corrected chi connectivity index (χ1v) is 7.40. The Morgan fingerprint density at radius 3 is 2.10 bits per heavy atom. The molecule has 0 aromatic heterocycles. The molecule has 0 atom stereocenters. The molecule has 0 amide bonds. The van der Waals surface area contributed by atoms with Gasteiger partial charge in [0, 0.05) is 0 Å². The van der Waals surface area contributed by atoms with Crippen LogP contribution in [0.15, 0.2) is 77.9 Å². The largest absolute Gasteiger partial charge is 0.423 e. The second kappa shape index (κ2) is 6.71. The van der Waals surface area contributed by atoms with Gasteiger partial charge < -0.3 is 8.92 Å². The van der Waals surface area contributed by atoms with Gasteiger partial charge in [0.15, 0.2) is 0 Å². The molecule has 21 heavy (non-hydrogen) atoms. The maximum Gasteiger partial charge on any atom is 0.339 e. The topological polar surface area (TPSA) is 69.7 Å². The van der Waals surface area contributed by atoms with Gasteiger partial charge in [-0.15, -0.1) is 0 Å². The third-order valence-corrected chi connectivity index (χ3v) is 3.59. The SMILES string of the molecule is O=C(C=COS(=O)(=O)c1ccccc1)Oc1ccccc1. The van der Waals surface area contributed by atoms with Crippen LogP contribution in [0.25, 0.3) is 0 Å². The van der Waals surface area contributed by atoms with Gasteiger partial charge in [0.1, 0.15) is 16.9 Å². The third-order valence-electron chi connectivity index (χ3n) is 2.38. The van der Waals surface area contributed by atoms with E-state index in [4.69, 9.17) is 4.74 Å². The molecule has 0 spiro atoms. The van der Waals surface area contributed by atoms with Gasteiger partial charge in [-0.1, -0.05) is 36.4 Å². The first kappa shape index (κ1) is 14.8. The summed E-state index contributed by atoms with van der Waals surface area (Å²) in [6, 6.07) is 16.0. The van der Waals surface area contributed by atoms with Crippen LogP contribution in [0.1, 0.15) is 0 Å². The van der Waals surface area contributed by atoms with Crippen molar-refractivity contribution in [1.82, 2.24) is 0 Å². The van der Waals surface area contributed by atoms with Crippen LogP contribution in [-0.2, 0) is 19.1 Å². The maximum absolute atomic E-state index is 11.7.